The molecule has 31 heavy (non-hydrogen) atoms. The van der Waals surface area contributed by atoms with Crippen molar-refractivity contribution in [1.29, 1.82) is 0 Å². The van der Waals surface area contributed by atoms with Crippen molar-refractivity contribution in [2.75, 3.05) is 5.32 Å². The second-order valence-electron chi connectivity index (χ2n) is 6.56. The van der Waals surface area contributed by atoms with Crippen LogP contribution in [-0.2, 0) is 6.18 Å². The molecular formula is C23H16F3N3O2. The first-order valence-electron chi connectivity index (χ1n) is 9.27. The highest BCUT2D eigenvalue weighted by molar-refractivity contribution is 6.03. The van der Waals surface area contributed by atoms with Crippen LogP contribution in [0.15, 0.2) is 91.0 Å². The Morgan fingerprint density at radius 3 is 2.16 bits per heavy atom. The molecule has 0 radical (unpaired) electrons. The second kappa shape index (κ2) is 8.35. The van der Waals surface area contributed by atoms with Gasteiger partial charge in [-0.25, -0.2) is 4.68 Å². The van der Waals surface area contributed by atoms with Crippen LogP contribution < -0.4 is 10.1 Å². The summed E-state index contributed by atoms with van der Waals surface area (Å²) < 4.78 is 46.4. The Hall–Kier alpha value is -4.07. The number of carbonyl (C=O) groups excluding carboxylic acids is 1. The van der Waals surface area contributed by atoms with E-state index in [0.29, 0.717) is 22.9 Å². The third-order valence-corrected chi connectivity index (χ3v) is 4.30. The van der Waals surface area contributed by atoms with Gasteiger partial charge < -0.3 is 10.1 Å². The Morgan fingerprint density at radius 2 is 1.48 bits per heavy atom. The summed E-state index contributed by atoms with van der Waals surface area (Å²) in [6, 6.07) is 24.5. The highest BCUT2D eigenvalue weighted by Gasteiger charge is 2.36. The number of para-hydroxylation sites is 2. The molecule has 0 saturated heterocycles. The monoisotopic (exact) mass is 423 g/mol. The molecule has 3 aromatic carbocycles. The van der Waals surface area contributed by atoms with Crippen LogP contribution in [0.5, 0.6) is 11.5 Å². The van der Waals surface area contributed by atoms with E-state index in [2.05, 4.69) is 10.4 Å². The molecule has 8 heteroatoms. The van der Waals surface area contributed by atoms with Gasteiger partial charge in [0, 0.05) is 17.8 Å². The lowest BCUT2D eigenvalue weighted by atomic mass is 10.2. The number of amides is 1. The summed E-state index contributed by atoms with van der Waals surface area (Å²) in [7, 11) is 0. The summed E-state index contributed by atoms with van der Waals surface area (Å²) in [4.78, 5) is 12.8. The van der Waals surface area contributed by atoms with Crippen molar-refractivity contribution in [3.63, 3.8) is 0 Å². The zero-order valence-corrected chi connectivity index (χ0v) is 16.0. The molecule has 4 rings (SSSR count). The van der Waals surface area contributed by atoms with Crippen molar-refractivity contribution in [1.82, 2.24) is 9.78 Å². The van der Waals surface area contributed by atoms with E-state index in [1.165, 1.54) is 0 Å². The van der Waals surface area contributed by atoms with E-state index in [4.69, 9.17) is 4.74 Å². The predicted octanol–water partition coefficient (Wildman–Crippen LogP) is 5.94. The summed E-state index contributed by atoms with van der Waals surface area (Å²) >= 11 is 0. The van der Waals surface area contributed by atoms with Gasteiger partial charge in [-0.15, -0.1) is 0 Å². The van der Waals surface area contributed by atoms with Crippen LogP contribution in [0.4, 0.5) is 18.9 Å². The first-order chi connectivity index (χ1) is 14.9. The van der Waals surface area contributed by atoms with Crippen molar-refractivity contribution in [3.05, 3.63) is 102 Å². The molecule has 0 aliphatic heterocycles. The Labute approximate surface area is 175 Å². The van der Waals surface area contributed by atoms with Crippen molar-refractivity contribution in [2.45, 2.75) is 6.18 Å². The number of ether oxygens (including phenoxy) is 1. The highest BCUT2D eigenvalue weighted by Crippen LogP contribution is 2.30. The standard InChI is InChI=1S/C23H16F3N3O2/c24-23(25,26)21-15-20(29(28-21)17-9-3-1-4-10-17)22(30)27-16-8-7-13-19(14-16)31-18-11-5-2-6-12-18/h1-15H,(H,27,30). The lowest BCUT2D eigenvalue weighted by Gasteiger charge is -2.10. The zero-order chi connectivity index (χ0) is 21.8. The Morgan fingerprint density at radius 1 is 0.839 bits per heavy atom. The third kappa shape index (κ3) is 4.75. The molecule has 0 saturated carbocycles. The first-order valence-corrected chi connectivity index (χ1v) is 9.27. The predicted molar refractivity (Wildman–Crippen MR) is 109 cm³/mol. The van der Waals surface area contributed by atoms with Gasteiger partial charge >= 0.3 is 6.18 Å². The number of hydrogen-bond donors (Lipinski definition) is 1. The van der Waals surface area contributed by atoms with Gasteiger partial charge in [0.05, 0.1) is 5.69 Å². The molecule has 0 atom stereocenters. The quantitative estimate of drug-likeness (QED) is 0.433. The highest BCUT2D eigenvalue weighted by atomic mass is 19.4. The number of rotatable bonds is 5. The molecule has 0 spiro atoms. The van der Waals surface area contributed by atoms with Gasteiger partial charge in [-0.1, -0.05) is 42.5 Å². The number of benzene rings is 3. The van der Waals surface area contributed by atoms with E-state index in [9.17, 15) is 18.0 Å². The van der Waals surface area contributed by atoms with Crippen LogP contribution in [0, 0.1) is 0 Å². The van der Waals surface area contributed by atoms with E-state index in [1.54, 1.807) is 66.7 Å². The maximum Gasteiger partial charge on any atom is 0.435 e. The van der Waals surface area contributed by atoms with Crippen LogP contribution in [-0.4, -0.2) is 15.7 Å². The van der Waals surface area contributed by atoms with Gasteiger partial charge in [0.2, 0.25) is 0 Å². The number of aromatic nitrogens is 2. The Kier molecular flexibility index (Phi) is 5.44. The molecule has 1 heterocycles. The molecule has 4 aromatic rings. The van der Waals surface area contributed by atoms with Crippen molar-refractivity contribution >= 4 is 11.6 Å². The first kappa shape index (κ1) is 20.2. The maximum absolute atomic E-state index is 13.2. The van der Waals surface area contributed by atoms with Gasteiger partial charge in [0.1, 0.15) is 17.2 Å². The molecule has 0 fully saturated rings. The Balaban J connectivity index is 1.61. The third-order valence-electron chi connectivity index (χ3n) is 4.30. The van der Waals surface area contributed by atoms with Crippen molar-refractivity contribution in [3.8, 4) is 17.2 Å². The number of hydrogen-bond acceptors (Lipinski definition) is 3. The molecule has 5 nitrogen and oxygen atoms in total. The minimum Gasteiger partial charge on any atom is -0.457 e. The molecule has 1 aromatic heterocycles. The van der Waals surface area contributed by atoms with E-state index in [1.807, 2.05) is 18.2 Å². The fraction of sp³-hybridized carbons (Fsp3) is 0.0435. The largest absolute Gasteiger partial charge is 0.457 e. The minimum atomic E-state index is -4.68. The van der Waals surface area contributed by atoms with E-state index < -0.39 is 17.8 Å². The van der Waals surface area contributed by atoms with Crippen molar-refractivity contribution < 1.29 is 22.7 Å². The summed E-state index contributed by atoms with van der Waals surface area (Å²) in [6.07, 6.45) is -4.68. The molecule has 0 aliphatic rings. The number of nitrogens with one attached hydrogen (secondary N) is 1. The molecule has 0 bridgehead atoms. The smallest absolute Gasteiger partial charge is 0.435 e. The van der Waals surface area contributed by atoms with Gasteiger partial charge in [-0.2, -0.15) is 18.3 Å². The summed E-state index contributed by atoms with van der Waals surface area (Å²) in [5, 5.41) is 6.21. The molecular weight excluding hydrogens is 407 g/mol. The fourth-order valence-corrected chi connectivity index (χ4v) is 2.90. The van der Waals surface area contributed by atoms with Gasteiger partial charge in [-0.05, 0) is 36.4 Å². The summed E-state index contributed by atoms with van der Waals surface area (Å²) in [5.41, 5.74) is -0.687. The van der Waals surface area contributed by atoms with E-state index >= 15 is 0 Å². The van der Waals surface area contributed by atoms with Gasteiger partial charge in [0.15, 0.2) is 5.69 Å². The van der Waals surface area contributed by atoms with Crippen LogP contribution in [0.25, 0.3) is 5.69 Å². The van der Waals surface area contributed by atoms with Crippen LogP contribution in [0.3, 0.4) is 0 Å². The summed E-state index contributed by atoms with van der Waals surface area (Å²) in [5.74, 6) is 0.350. The van der Waals surface area contributed by atoms with E-state index in [-0.39, 0.29) is 5.69 Å². The zero-order valence-electron chi connectivity index (χ0n) is 16.0. The lowest BCUT2D eigenvalue weighted by molar-refractivity contribution is -0.141. The normalized spacial score (nSPS) is 11.2. The van der Waals surface area contributed by atoms with Crippen molar-refractivity contribution in [2.24, 2.45) is 0 Å². The number of halogens is 3. The van der Waals surface area contributed by atoms with Gasteiger partial charge in [0.25, 0.3) is 5.91 Å². The second-order valence-corrected chi connectivity index (χ2v) is 6.56. The fourth-order valence-electron chi connectivity index (χ4n) is 2.90. The van der Waals surface area contributed by atoms with Crippen LogP contribution >= 0.6 is 0 Å². The Bertz CT molecular complexity index is 1190. The number of carbonyl (C=O) groups is 1. The molecule has 156 valence electrons. The van der Waals surface area contributed by atoms with E-state index in [0.717, 1.165) is 10.7 Å². The molecule has 0 aliphatic carbocycles. The number of alkyl halides is 3. The molecule has 1 N–H and O–H groups in total. The topological polar surface area (TPSA) is 56.1 Å². The maximum atomic E-state index is 13.2. The number of anilines is 1. The SMILES string of the molecule is O=C(Nc1cccc(Oc2ccccc2)c1)c1cc(C(F)(F)F)nn1-c1ccccc1. The number of nitrogens with zero attached hydrogens (tertiary/aromatic N) is 2. The van der Waals surface area contributed by atoms with Crippen LogP contribution in [0.1, 0.15) is 16.2 Å². The van der Waals surface area contributed by atoms with Gasteiger partial charge in [-0.3, -0.25) is 4.79 Å². The average molecular weight is 423 g/mol. The molecule has 1 amide bonds. The lowest BCUT2D eigenvalue weighted by Crippen LogP contribution is -2.17. The van der Waals surface area contributed by atoms with Crippen LogP contribution in [0.2, 0.25) is 0 Å². The summed E-state index contributed by atoms with van der Waals surface area (Å²) in [6.45, 7) is 0. The average Bonchev–Trinajstić information content (AvgIpc) is 3.22. The molecule has 0 unspecified atom stereocenters. The minimum absolute atomic E-state index is 0.243.